The monoisotopic (exact) mass is 618 g/mol. The molecule has 0 saturated heterocycles. The molecule has 156 valence electrons. The molecule has 6 heteroatoms. The van der Waals surface area contributed by atoms with Gasteiger partial charge in [0.15, 0.2) is 0 Å². The molecular formula is C25H18F4OPb. The molecule has 4 rings (SSSR count). The van der Waals surface area contributed by atoms with Crippen LogP contribution in [0.15, 0.2) is 91.0 Å². The normalized spacial score (nSPS) is 11.4. The van der Waals surface area contributed by atoms with Crippen LogP contribution in [0.2, 0.25) is 0 Å². The maximum atomic E-state index is 15.6. The van der Waals surface area contributed by atoms with Crippen molar-refractivity contribution in [1.82, 2.24) is 0 Å². The van der Waals surface area contributed by atoms with Gasteiger partial charge in [0.05, 0.1) is 0 Å². The van der Waals surface area contributed by atoms with Gasteiger partial charge in [-0.3, -0.25) is 0 Å². The second-order valence-electron chi connectivity index (χ2n) is 7.01. The van der Waals surface area contributed by atoms with Crippen molar-refractivity contribution in [2.24, 2.45) is 0 Å². The van der Waals surface area contributed by atoms with Gasteiger partial charge in [-0.05, 0) is 0 Å². The standard InChI is InChI=1S/C7H3F4O.3C6H5.Pb/c1-12-7-5(10)3(8)2-4(9)6(7)11;3*1-2-4-6-5-3-1;/h1H3;3*1-5H;. The number of ether oxygens (including phenoxy) is 1. The summed E-state index contributed by atoms with van der Waals surface area (Å²) in [5.74, 6) is -6.93. The van der Waals surface area contributed by atoms with Gasteiger partial charge in [-0.15, -0.1) is 0 Å². The Bertz CT molecular complexity index is 1070. The summed E-state index contributed by atoms with van der Waals surface area (Å²) in [6.45, 7) is 0. The molecule has 0 spiro atoms. The average Bonchev–Trinajstić information content (AvgIpc) is 2.83. The van der Waals surface area contributed by atoms with E-state index >= 15 is 8.78 Å². The van der Waals surface area contributed by atoms with E-state index in [2.05, 4.69) is 4.74 Å². The zero-order valence-corrected chi connectivity index (χ0v) is 20.5. The van der Waals surface area contributed by atoms with Gasteiger partial charge in [0.2, 0.25) is 0 Å². The zero-order valence-electron chi connectivity index (χ0n) is 16.6. The minimum absolute atomic E-state index is 0.521. The summed E-state index contributed by atoms with van der Waals surface area (Å²) < 4.78 is 67.2. The predicted molar refractivity (Wildman–Crippen MR) is 116 cm³/mol. The summed E-state index contributed by atoms with van der Waals surface area (Å²) in [4.78, 5) is 0. The Labute approximate surface area is 182 Å². The number of rotatable bonds is 5. The first-order chi connectivity index (χ1) is 15.0. The molecule has 0 aliphatic carbocycles. The number of hydrogen-bond donors (Lipinski definition) is 0. The fraction of sp³-hybridized carbons (Fsp3) is 0.0400. The van der Waals surface area contributed by atoms with Gasteiger partial charge >= 0.3 is 183 Å². The number of methoxy groups -OCH3 is 1. The molecule has 0 fully saturated rings. The summed E-state index contributed by atoms with van der Waals surface area (Å²) >= 11 is -5.04. The first-order valence-electron chi connectivity index (χ1n) is 9.60. The van der Waals surface area contributed by atoms with Crippen LogP contribution in [0.4, 0.5) is 17.6 Å². The minimum atomic E-state index is -5.04. The quantitative estimate of drug-likeness (QED) is 0.189. The number of halogens is 4. The Kier molecular flexibility index (Phi) is 6.13. The molecule has 0 saturated carbocycles. The second-order valence-corrected chi connectivity index (χ2v) is 21.5. The van der Waals surface area contributed by atoms with E-state index in [0.29, 0.717) is 9.37 Å². The van der Waals surface area contributed by atoms with Crippen molar-refractivity contribution in [3.8, 4) is 5.75 Å². The SMILES string of the molecule is COc1c(F)c(F)[c]([Pb]([c]2ccccc2)([c]2ccccc2)[c]2ccccc2)c(F)c1F. The Hall–Kier alpha value is -2.68. The van der Waals surface area contributed by atoms with E-state index < -0.39 is 53.3 Å². The molecular weight excluding hydrogens is 599 g/mol. The molecule has 0 atom stereocenters. The fourth-order valence-electron chi connectivity index (χ4n) is 4.12. The summed E-state index contributed by atoms with van der Waals surface area (Å²) in [5, 5.41) is 0. The molecule has 4 aromatic rings. The molecule has 4 aromatic carbocycles. The molecule has 0 aliphatic rings. The zero-order chi connectivity index (χ0) is 22.0. The molecule has 0 radical (unpaired) electrons. The van der Waals surface area contributed by atoms with Crippen molar-refractivity contribution in [3.63, 3.8) is 0 Å². The molecule has 0 unspecified atom stereocenters. The third-order valence-electron chi connectivity index (χ3n) is 5.42. The van der Waals surface area contributed by atoms with E-state index in [0.717, 1.165) is 7.11 Å². The van der Waals surface area contributed by atoms with Gasteiger partial charge in [-0.2, -0.15) is 0 Å². The van der Waals surface area contributed by atoms with Crippen molar-refractivity contribution >= 4 is 33.7 Å². The van der Waals surface area contributed by atoms with Crippen LogP contribution in [-0.2, 0) is 0 Å². The summed E-state index contributed by atoms with van der Waals surface area (Å²) in [6.07, 6.45) is 0. The molecule has 1 nitrogen and oxygen atoms in total. The molecule has 0 heterocycles. The third-order valence-corrected chi connectivity index (χ3v) is 24.0. The third kappa shape index (κ3) is 3.44. The van der Waals surface area contributed by atoms with Crippen molar-refractivity contribution in [2.45, 2.75) is 0 Å². The fourth-order valence-corrected chi connectivity index (χ4v) is 22.9. The molecule has 31 heavy (non-hydrogen) atoms. The van der Waals surface area contributed by atoms with Gasteiger partial charge in [0, 0.05) is 0 Å². The number of hydrogen-bond acceptors (Lipinski definition) is 1. The van der Waals surface area contributed by atoms with Gasteiger partial charge in [0.25, 0.3) is 0 Å². The molecule has 0 aromatic heterocycles. The van der Waals surface area contributed by atoms with Crippen LogP contribution in [0.25, 0.3) is 0 Å². The van der Waals surface area contributed by atoms with Crippen LogP contribution >= 0.6 is 0 Å². The van der Waals surface area contributed by atoms with Crippen LogP contribution in [0.5, 0.6) is 5.75 Å². The van der Waals surface area contributed by atoms with Gasteiger partial charge in [-0.1, -0.05) is 0 Å². The van der Waals surface area contributed by atoms with Crippen LogP contribution in [0, 0.1) is 23.3 Å². The van der Waals surface area contributed by atoms with E-state index in [9.17, 15) is 8.78 Å². The molecule has 0 N–H and O–H groups in total. The van der Waals surface area contributed by atoms with Gasteiger partial charge in [-0.25, -0.2) is 0 Å². The summed E-state index contributed by atoms with van der Waals surface area (Å²) in [7, 11) is 0.975. The van der Waals surface area contributed by atoms with Crippen molar-refractivity contribution in [1.29, 1.82) is 0 Å². The van der Waals surface area contributed by atoms with Gasteiger partial charge < -0.3 is 0 Å². The summed E-state index contributed by atoms with van der Waals surface area (Å²) in [6, 6.07) is 26.6. The van der Waals surface area contributed by atoms with Crippen molar-refractivity contribution in [2.75, 3.05) is 7.11 Å². The van der Waals surface area contributed by atoms with E-state index in [-0.39, 0.29) is 0 Å². The first-order valence-corrected chi connectivity index (χ1v) is 17.4. The Morgan fingerprint density at radius 3 is 1.13 bits per heavy atom. The summed E-state index contributed by atoms with van der Waals surface area (Å²) in [5.41, 5.74) is 0. The average molecular weight is 618 g/mol. The van der Waals surface area contributed by atoms with Crippen LogP contribution in [0.1, 0.15) is 0 Å². The van der Waals surface area contributed by atoms with E-state index in [1.807, 2.05) is 0 Å². The molecule has 0 bridgehead atoms. The molecule has 0 amide bonds. The van der Waals surface area contributed by atoms with Crippen LogP contribution in [-0.4, -0.2) is 28.3 Å². The first kappa shape index (κ1) is 21.6. The van der Waals surface area contributed by atoms with Crippen molar-refractivity contribution in [3.05, 3.63) is 114 Å². The van der Waals surface area contributed by atoms with E-state index in [1.165, 1.54) is 0 Å². The maximum absolute atomic E-state index is 15.6. The van der Waals surface area contributed by atoms with E-state index in [1.54, 1.807) is 91.0 Å². The van der Waals surface area contributed by atoms with Crippen molar-refractivity contribution < 1.29 is 22.3 Å². The van der Waals surface area contributed by atoms with Crippen LogP contribution < -0.4 is 17.2 Å². The van der Waals surface area contributed by atoms with Crippen LogP contribution in [0.3, 0.4) is 0 Å². The molecule has 0 aliphatic heterocycles. The Morgan fingerprint density at radius 2 is 0.839 bits per heavy atom. The second kappa shape index (κ2) is 8.82. The predicted octanol–water partition coefficient (Wildman–Crippen LogP) is 3.63. The number of benzene rings is 4. The van der Waals surface area contributed by atoms with E-state index in [4.69, 9.17) is 0 Å². The Balaban J connectivity index is 2.26. The van der Waals surface area contributed by atoms with Gasteiger partial charge in [0.1, 0.15) is 0 Å². The topological polar surface area (TPSA) is 9.23 Å². The Morgan fingerprint density at radius 1 is 0.516 bits per heavy atom.